The largest absolute Gasteiger partial charge is 0.379 e. The average molecular weight is 859 g/mol. The molecule has 21 heteroatoms. The van der Waals surface area contributed by atoms with Crippen molar-refractivity contribution >= 4 is 71.0 Å². The molecule has 0 aliphatic carbocycles. The fourth-order valence-electron chi connectivity index (χ4n) is 6.47. The maximum Gasteiger partial charge on any atom is 0.335 e. The second kappa shape index (κ2) is 27.2. The van der Waals surface area contributed by atoms with E-state index in [9.17, 15) is 38.4 Å². The van der Waals surface area contributed by atoms with Crippen molar-refractivity contribution in [3.63, 3.8) is 0 Å². The van der Waals surface area contributed by atoms with Crippen molar-refractivity contribution in [1.82, 2.24) is 42.3 Å². The maximum absolute atomic E-state index is 12.0. The predicted octanol–water partition coefficient (Wildman–Crippen LogP) is 0.502. The highest BCUT2D eigenvalue weighted by Crippen LogP contribution is 2.32. The molecular weight excluding hydrogens is 797 g/mol. The molecule has 328 valence electrons. The van der Waals surface area contributed by atoms with E-state index in [0.717, 1.165) is 37.3 Å². The van der Waals surface area contributed by atoms with Gasteiger partial charge in [0.05, 0.1) is 57.0 Å². The molecule has 8 amide bonds. The van der Waals surface area contributed by atoms with Crippen LogP contribution in [0.3, 0.4) is 0 Å². The number of nitrogens with zero attached hydrogens (tertiary/aromatic N) is 1. The van der Waals surface area contributed by atoms with Gasteiger partial charge in [0.1, 0.15) is 5.78 Å². The Hall–Kier alpha value is -3.66. The number of carbonyl (C=O) groups excluding carboxylic acids is 8. The molecule has 0 bridgehead atoms. The Bertz CT molecular complexity index is 1380. The van der Waals surface area contributed by atoms with Crippen LogP contribution in [0.5, 0.6) is 0 Å². The van der Waals surface area contributed by atoms with Crippen LogP contribution in [0.15, 0.2) is 0 Å². The van der Waals surface area contributed by atoms with Gasteiger partial charge in [0.2, 0.25) is 11.8 Å². The van der Waals surface area contributed by atoms with Crippen LogP contribution in [0.1, 0.15) is 84.5 Å². The van der Waals surface area contributed by atoms with Gasteiger partial charge in [-0.15, -0.1) is 5.06 Å². The summed E-state index contributed by atoms with van der Waals surface area (Å²) in [7, 11) is 1.96. The van der Waals surface area contributed by atoms with Crippen LogP contribution >= 0.6 is 23.5 Å². The number of fused-ring (bicyclic) bond motifs is 2. The number of Topliss-reactive ketones (excluding diaryl/α,β-unsaturated/α-hetero) is 1. The second-order valence-electron chi connectivity index (χ2n) is 14.2. The molecule has 5 aliphatic rings. The van der Waals surface area contributed by atoms with Crippen LogP contribution < -0.4 is 37.2 Å². The fraction of sp³-hybridized carbons (Fsp3) is 0.784. The molecule has 5 aliphatic heterocycles. The van der Waals surface area contributed by atoms with E-state index in [4.69, 9.17) is 14.3 Å². The maximum atomic E-state index is 12.0. The molecular formula is C37H62N8O11S2. The van der Waals surface area contributed by atoms with Gasteiger partial charge in [-0.05, 0) is 26.4 Å². The van der Waals surface area contributed by atoms with E-state index in [1.807, 2.05) is 7.05 Å². The van der Waals surface area contributed by atoms with Crippen molar-refractivity contribution in [1.29, 1.82) is 0 Å². The summed E-state index contributed by atoms with van der Waals surface area (Å²) < 4.78 is 10.7. The number of imide groups is 1. The smallest absolute Gasteiger partial charge is 0.335 e. The summed E-state index contributed by atoms with van der Waals surface area (Å²) in [5.74, 6) is -0.0631. The zero-order chi connectivity index (χ0) is 42.3. The Balaban J connectivity index is 0.000000280. The van der Waals surface area contributed by atoms with Crippen LogP contribution in [0.4, 0.5) is 9.59 Å². The minimum absolute atomic E-state index is 0.0279. The van der Waals surface area contributed by atoms with E-state index >= 15 is 0 Å². The highest BCUT2D eigenvalue weighted by Gasteiger charge is 2.44. The van der Waals surface area contributed by atoms with Gasteiger partial charge < -0.3 is 51.5 Å². The summed E-state index contributed by atoms with van der Waals surface area (Å²) >= 11 is 3.37. The number of nitrogens with one attached hydrogen (secondary N) is 7. The lowest BCUT2D eigenvalue weighted by atomic mass is 10.1. The highest BCUT2D eigenvalue weighted by atomic mass is 32.2. The zero-order valence-electron chi connectivity index (χ0n) is 33.9. The predicted molar refractivity (Wildman–Crippen MR) is 218 cm³/mol. The SMILES string of the molecule is CCCCCC(=O)CCOCCNC(=O)CC1SC[C@@H]2NC(=O)N[C@H]12.CCCNC.O=C(CC1SC[C@@H]2NC(=O)N[C@H]12)NCCOCCC(=O)ON1C(=O)CCC1=O. The molecule has 0 aromatic carbocycles. The molecule has 0 radical (unpaired) electrons. The molecule has 2 unspecified atom stereocenters. The third-order valence-corrected chi connectivity index (χ3v) is 12.4. The number of thioether (sulfide) groups is 2. The number of ketones is 1. The van der Waals surface area contributed by atoms with Crippen LogP contribution in [0.25, 0.3) is 0 Å². The van der Waals surface area contributed by atoms with E-state index in [0.29, 0.717) is 50.5 Å². The summed E-state index contributed by atoms with van der Waals surface area (Å²) in [5, 5.41) is 20.6. The minimum Gasteiger partial charge on any atom is -0.379 e. The molecule has 5 rings (SSSR count). The van der Waals surface area contributed by atoms with Gasteiger partial charge in [0, 0.05) is 73.6 Å². The van der Waals surface area contributed by atoms with Gasteiger partial charge >= 0.3 is 18.0 Å². The molecule has 7 N–H and O–H groups in total. The van der Waals surface area contributed by atoms with Crippen molar-refractivity contribution in [2.45, 2.75) is 119 Å². The number of urea groups is 2. The molecule has 6 atom stereocenters. The fourth-order valence-corrected chi connectivity index (χ4v) is 9.42. The summed E-state index contributed by atoms with van der Waals surface area (Å²) in [6.07, 6.45) is 6.18. The topological polar surface area (TPSA) is 252 Å². The second-order valence-corrected chi connectivity index (χ2v) is 16.8. The van der Waals surface area contributed by atoms with E-state index in [-0.39, 0.29) is 103 Å². The Morgan fingerprint density at radius 3 is 1.66 bits per heavy atom. The molecule has 0 spiro atoms. The molecule has 5 fully saturated rings. The van der Waals surface area contributed by atoms with Crippen molar-refractivity contribution < 1.29 is 52.7 Å². The first-order valence-corrected chi connectivity index (χ1v) is 22.3. The number of unbranched alkanes of at least 4 members (excludes halogenated alkanes) is 2. The first kappa shape index (κ1) is 48.7. The number of ether oxygens (including phenoxy) is 2. The number of rotatable bonds is 23. The third kappa shape index (κ3) is 17.7. The standard InChI is InChI=1S/C17H29N3O4S.C16H22N4O7S.C4H11N/c1-2-3-4-5-12(21)6-8-24-9-7-18-15(22)10-14-16-13(11-25-14)19-17(23)20-16;21-11(7-10-15-9(8-28-10)18-16(25)19-15)17-4-6-26-5-3-14(24)27-20-12(22)1-2-13(20)23;1-3-4-5-2/h13-14,16H,2-11H2,1H3,(H,18,22)(H2,19,20,23);9-10,15H,1-8H2,(H,17,21)(H2,18,19,25);5H,3-4H2,1-2H3/t13-,14?,16-;9-,10?,15-;/m00./s1. The highest BCUT2D eigenvalue weighted by molar-refractivity contribution is 8.00. The number of hydroxylamine groups is 2. The van der Waals surface area contributed by atoms with E-state index < -0.39 is 17.8 Å². The third-order valence-electron chi connectivity index (χ3n) is 9.52. The van der Waals surface area contributed by atoms with E-state index in [2.05, 4.69) is 51.1 Å². The molecule has 5 heterocycles. The number of amides is 8. The van der Waals surface area contributed by atoms with E-state index in [1.165, 1.54) is 6.42 Å². The average Bonchev–Trinajstić information content (AvgIpc) is 4.00. The van der Waals surface area contributed by atoms with Crippen molar-refractivity contribution in [3.05, 3.63) is 0 Å². The van der Waals surface area contributed by atoms with Crippen LogP contribution in [-0.4, -0.2) is 152 Å². The quantitative estimate of drug-likeness (QED) is 0.0420. The molecule has 19 nitrogen and oxygen atoms in total. The summed E-state index contributed by atoms with van der Waals surface area (Å²) in [6.45, 7) is 7.22. The van der Waals surface area contributed by atoms with Gasteiger partial charge in [-0.3, -0.25) is 24.0 Å². The van der Waals surface area contributed by atoms with Crippen molar-refractivity contribution in [3.8, 4) is 0 Å². The normalized spacial score (nSPS) is 23.9. The lowest BCUT2D eigenvalue weighted by Crippen LogP contribution is -2.40. The van der Waals surface area contributed by atoms with E-state index in [1.54, 1.807) is 23.5 Å². The van der Waals surface area contributed by atoms with Gasteiger partial charge in [-0.2, -0.15) is 23.5 Å². The molecule has 58 heavy (non-hydrogen) atoms. The van der Waals surface area contributed by atoms with Gasteiger partial charge in [-0.1, -0.05) is 26.7 Å². The Kier molecular flexibility index (Phi) is 22.8. The minimum atomic E-state index is -0.729. The van der Waals surface area contributed by atoms with Crippen molar-refractivity contribution in [2.24, 2.45) is 0 Å². The Labute approximate surface area is 348 Å². The van der Waals surface area contributed by atoms with Gasteiger partial charge in [0.25, 0.3) is 11.8 Å². The lowest BCUT2D eigenvalue weighted by Gasteiger charge is -2.16. The van der Waals surface area contributed by atoms with Gasteiger partial charge in [-0.25, -0.2) is 14.4 Å². The summed E-state index contributed by atoms with van der Waals surface area (Å²) in [6, 6.07) is -0.111. The van der Waals surface area contributed by atoms with Crippen molar-refractivity contribution in [2.75, 3.05) is 64.6 Å². The van der Waals surface area contributed by atoms with Crippen LogP contribution in [0, 0.1) is 0 Å². The monoisotopic (exact) mass is 858 g/mol. The number of hydrogen-bond acceptors (Lipinski definition) is 14. The van der Waals surface area contributed by atoms with Crippen LogP contribution in [0.2, 0.25) is 0 Å². The number of carbonyl (C=O) groups is 8. The Morgan fingerprint density at radius 1 is 0.672 bits per heavy atom. The zero-order valence-corrected chi connectivity index (χ0v) is 35.5. The molecule has 0 aromatic heterocycles. The molecule has 0 saturated carbocycles. The Morgan fingerprint density at radius 2 is 1.19 bits per heavy atom. The first-order chi connectivity index (χ1) is 27.9. The first-order valence-electron chi connectivity index (χ1n) is 20.2. The van der Waals surface area contributed by atoms with Gasteiger partial charge in [0.15, 0.2) is 0 Å². The summed E-state index contributed by atoms with van der Waals surface area (Å²) in [5.41, 5.74) is 0. The molecule has 5 saturated heterocycles. The summed E-state index contributed by atoms with van der Waals surface area (Å²) in [4.78, 5) is 97.2. The molecule has 0 aromatic rings. The number of hydrogen-bond donors (Lipinski definition) is 7. The lowest BCUT2D eigenvalue weighted by molar-refractivity contribution is -0.198. The van der Waals surface area contributed by atoms with Crippen LogP contribution in [-0.2, 0) is 43.1 Å².